The zero-order valence-electron chi connectivity index (χ0n) is 14.9. The molecule has 1 aromatic heterocycles. The minimum atomic E-state index is -0.0389. The molecule has 0 saturated carbocycles. The number of thioether (sulfide) groups is 1. The molecule has 1 aromatic carbocycles. The quantitative estimate of drug-likeness (QED) is 0.802. The molecular formula is C18H24N4O2S. The van der Waals surface area contributed by atoms with Gasteiger partial charge in [0.1, 0.15) is 5.82 Å². The molecule has 1 aliphatic rings. The van der Waals surface area contributed by atoms with Gasteiger partial charge in [0, 0.05) is 12.3 Å². The van der Waals surface area contributed by atoms with Crippen LogP contribution in [0, 0.1) is 20.8 Å². The number of carbonyl (C=O) groups excluding carboxylic acids is 1. The van der Waals surface area contributed by atoms with Gasteiger partial charge < -0.3 is 14.6 Å². The van der Waals surface area contributed by atoms with Crippen molar-refractivity contribution in [3.63, 3.8) is 0 Å². The molecule has 1 amide bonds. The van der Waals surface area contributed by atoms with E-state index in [-0.39, 0.29) is 12.0 Å². The summed E-state index contributed by atoms with van der Waals surface area (Å²) in [7, 11) is 0. The summed E-state index contributed by atoms with van der Waals surface area (Å²) in [5.74, 6) is 1.12. The predicted octanol–water partition coefficient (Wildman–Crippen LogP) is 3.11. The van der Waals surface area contributed by atoms with Crippen LogP contribution in [-0.2, 0) is 16.1 Å². The lowest BCUT2D eigenvalue weighted by atomic mass is 10.1. The van der Waals surface area contributed by atoms with Crippen LogP contribution in [0.4, 0.5) is 5.69 Å². The Bertz CT molecular complexity index is 754. The van der Waals surface area contributed by atoms with Gasteiger partial charge in [0.2, 0.25) is 5.91 Å². The van der Waals surface area contributed by atoms with Crippen molar-refractivity contribution in [3.8, 4) is 0 Å². The number of anilines is 1. The van der Waals surface area contributed by atoms with Gasteiger partial charge in [-0.1, -0.05) is 23.9 Å². The Kier molecular flexibility index (Phi) is 5.75. The van der Waals surface area contributed by atoms with Crippen molar-refractivity contribution >= 4 is 23.4 Å². The Morgan fingerprint density at radius 2 is 2.20 bits per heavy atom. The van der Waals surface area contributed by atoms with Crippen LogP contribution in [0.25, 0.3) is 0 Å². The highest BCUT2D eigenvalue weighted by molar-refractivity contribution is 7.99. The first-order chi connectivity index (χ1) is 12.0. The highest BCUT2D eigenvalue weighted by Crippen LogP contribution is 2.22. The minimum Gasteiger partial charge on any atom is -0.376 e. The second kappa shape index (κ2) is 8.01. The number of hydrogen-bond acceptors (Lipinski definition) is 5. The Balaban J connectivity index is 1.59. The summed E-state index contributed by atoms with van der Waals surface area (Å²) < 4.78 is 7.75. The van der Waals surface area contributed by atoms with Crippen LogP contribution in [0.3, 0.4) is 0 Å². The van der Waals surface area contributed by atoms with E-state index in [0.29, 0.717) is 5.75 Å². The molecule has 6 nitrogen and oxygen atoms in total. The number of aromatic nitrogens is 3. The summed E-state index contributed by atoms with van der Waals surface area (Å²) in [4.78, 5) is 12.3. The third-order valence-electron chi connectivity index (χ3n) is 4.52. The molecule has 1 atom stereocenters. The lowest BCUT2D eigenvalue weighted by Gasteiger charge is -2.13. The molecule has 0 aliphatic carbocycles. The third-order valence-corrected chi connectivity index (χ3v) is 5.49. The smallest absolute Gasteiger partial charge is 0.234 e. The first-order valence-electron chi connectivity index (χ1n) is 8.55. The van der Waals surface area contributed by atoms with E-state index in [9.17, 15) is 4.79 Å². The number of amides is 1. The standard InChI is InChI=1S/C18H24N4O2S/c1-12-6-4-8-16(13(12)2)19-17(23)11-25-18-21-20-14(3)22(18)10-15-7-5-9-24-15/h4,6,8,15H,5,7,9-11H2,1-3H3,(H,19,23). The van der Waals surface area contributed by atoms with Gasteiger partial charge in [-0.15, -0.1) is 10.2 Å². The molecular weight excluding hydrogens is 336 g/mol. The van der Waals surface area contributed by atoms with Gasteiger partial charge in [-0.3, -0.25) is 4.79 Å². The molecule has 1 aliphatic heterocycles. The fraction of sp³-hybridized carbons (Fsp3) is 0.500. The average molecular weight is 360 g/mol. The van der Waals surface area contributed by atoms with Crippen LogP contribution in [-0.4, -0.2) is 39.1 Å². The van der Waals surface area contributed by atoms with Crippen molar-refractivity contribution in [2.45, 2.75) is 51.4 Å². The maximum atomic E-state index is 12.3. The van der Waals surface area contributed by atoms with Crippen LogP contribution < -0.4 is 5.32 Å². The topological polar surface area (TPSA) is 69.0 Å². The van der Waals surface area contributed by atoms with Crippen LogP contribution in [0.1, 0.15) is 29.8 Å². The molecule has 25 heavy (non-hydrogen) atoms. The van der Waals surface area contributed by atoms with E-state index >= 15 is 0 Å². The SMILES string of the molecule is Cc1cccc(NC(=O)CSc2nnc(C)n2CC2CCCO2)c1C. The van der Waals surface area contributed by atoms with E-state index in [1.807, 2.05) is 43.5 Å². The molecule has 2 heterocycles. The highest BCUT2D eigenvalue weighted by Gasteiger charge is 2.20. The Morgan fingerprint density at radius 1 is 1.36 bits per heavy atom. The number of benzene rings is 1. The Labute approximate surface area is 152 Å². The third kappa shape index (κ3) is 4.41. The zero-order valence-corrected chi connectivity index (χ0v) is 15.7. The van der Waals surface area contributed by atoms with Gasteiger partial charge in [0.25, 0.3) is 0 Å². The predicted molar refractivity (Wildman–Crippen MR) is 99.0 cm³/mol. The summed E-state index contributed by atoms with van der Waals surface area (Å²) in [6.07, 6.45) is 2.39. The van der Waals surface area contributed by atoms with E-state index in [1.165, 1.54) is 11.8 Å². The first-order valence-corrected chi connectivity index (χ1v) is 9.53. The van der Waals surface area contributed by atoms with Crippen molar-refractivity contribution in [2.75, 3.05) is 17.7 Å². The van der Waals surface area contributed by atoms with Gasteiger partial charge in [0.15, 0.2) is 5.16 Å². The van der Waals surface area contributed by atoms with Gasteiger partial charge in [0.05, 0.1) is 18.4 Å². The van der Waals surface area contributed by atoms with Crippen LogP contribution >= 0.6 is 11.8 Å². The molecule has 0 radical (unpaired) electrons. The van der Waals surface area contributed by atoms with E-state index in [2.05, 4.69) is 15.5 Å². The molecule has 2 aromatic rings. The van der Waals surface area contributed by atoms with Gasteiger partial charge in [-0.2, -0.15) is 0 Å². The van der Waals surface area contributed by atoms with E-state index in [1.54, 1.807) is 0 Å². The van der Waals surface area contributed by atoms with Crippen molar-refractivity contribution in [1.29, 1.82) is 0 Å². The van der Waals surface area contributed by atoms with Crippen molar-refractivity contribution < 1.29 is 9.53 Å². The van der Waals surface area contributed by atoms with Gasteiger partial charge in [-0.05, 0) is 50.8 Å². The Morgan fingerprint density at radius 3 is 2.96 bits per heavy atom. The highest BCUT2D eigenvalue weighted by atomic mass is 32.2. The maximum absolute atomic E-state index is 12.3. The van der Waals surface area contributed by atoms with Gasteiger partial charge in [-0.25, -0.2) is 0 Å². The average Bonchev–Trinajstić information content (AvgIpc) is 3.22. The molecule has 0 spiro atoms. The lowest BCUT2D eigenvalue weighted by Crippen LogP contribution is -2.18. The molecule has 1 fully saturated rings. The molecule has 0 bridgehead atoms. The Hall–Kier alpha value is -1.86. The number of aryl methyl sites for hydroxylation is 2. The zero-order chi connectivity index (χ0) is 17.8. The summed E-state index contributed by atoms with van der Waals surface area (Å²) in [6.45, 7) is 7.56. The molecule has 1 unspecified atom stereocenters. The number of hydrogen-bond donors (Lipinski definition) is 1. The number of ether oxygens (including phenoxy) is 1. The van der Waals surface area contributed by atoms with Crippen LogP contribution in [0.5, 0.6) is 0 Å². The maximum Gasteiger partial charge on any atom is 0.234 e. The number of nitrogens with zero attached hydrogens (tertiary/aromatic N) is 3. The summed E-state index contributed by atoms with van der Waals surface area (Å²) in [5, 5.41) is 12.1. The fourth-order valence-electron chi connectivity index (χ4n) is 2.87. The van der Waals surface area contributed by atoms with E-state index in [4.69, 9.17) is 4.74 Å². The number of rotatable bonds is 6. The summed E-state index contributed by atoms with van der Waals surface area (Å²) >= 11 is 1.41. The molecule has 1 N–H and O–H groups in total. The van der Waals surface area contributed by atoms with Gasteiger partial charge >= 0.3 is 0 Å². The second-order valence-electron chi connectivity index (χ2n) is 6.36. The first kappa shape index (κ1) is 17.9. The van der Waals surface area contributed by atoms with Crippen molar-refractivity contribution in [2.24, 2.45) is 0 Å². The normalized spacial score (nSPS) is 17.0. The fourth-order valence-corrected chi connectivity index (χ4v) is 3.67. The summed E-state index contributed by atoms with van der Waals surface area (Å²) in [5.41, 5.74) is 3.12. The molecule has 1 saturated heterocycles. The lowest BCUT2D eigenvalue weighted by molar-refractivity contribution is -0.113. The van der Waals surface area contributed by atoms with E-state index < -0.39 is 0 Å². The largest absolute Gasteiger partial charge is 0.376 e. The van der Waals surface area contributed by atoms with Crippen LogP contribution in [0.2, 0.25) is 0 Å². The van der Waals surface area contributed by atoms with Crippen molar-refractivity contribution in [3.05, 3.63) is 35.2 Å². The van der Waals surface area contributed by atoms with Crippen LogP contribution in [0.15, 0.2) is 23.4 Å². The minimum absolute atomic E-state index is 0.0389. The monoisotopic (exact) mass is 360 g/mol. The van der Waals surface area contributed by atoms with E-state index in [0.717, 1.165) is 53.8 Å². The summed E-state index contributed by atoms with van der Waals surface area (Å²) in [6, 6.07) is 5.91. The number of carbonyl (C=O) groups is 1. The van der Waals surface area contributed by atoms with Crippen molar-refractivity contribution in [1.82, 2.24) is 14.8 Å². The molecule has 134 valence electrons. The molecule has 3 rings (SSSR count). The second-order valence-corrected chi connectivity index (χ2v) is 7.30. The number of nitrogens with one attached hydrogen (secondary N) is 1. The molecule has 7 heteroatoms.